The fraction of sp³-hybridized carbons (Fsp3) is 0.556. The van der Waals surface area contributed by atoms with Crippen molar-refractivity contribution in [2.45, 2.75) is 54.5 Å². The van der Waals surface area contributed by atoms with E-state index in [0.717, 1.165) is 5.56 Å². The zero-order valence-corrected chi connectivity index (χ0v) is 16.4. The van der Waals surface area contributed by atoms with E-state index >= 15 is 0 Å². The zero-order chi connectivity index (χ0) is 18.0. The monoisotopic (exact) mass is 355 g/mol. The molecule has 24 heavy (non-hydrogen) atoms. The highest BCUT2D eigenvalue weighted by atomic mass is 35.5. The Hall–Kier alpha value is -1.59. The van der Waals surface area contributed by atoms with E-state index in [4.69, 9.17) is 5.73 Å². The minimum atomic E-state index is -0.614. The number of carbonyl (C=O) groups excluding carboxylic acids is 2. The first-order valence-electron chi connectivity index (χ1n) is 7.81. The second-order valence-electron chi connectivity index (χ2n) is 8.07. The topological polar surface area (TPSA) is 84.2 Å². The summed E-state index contributed by atoms with van der Waals surface area (Å²) in [7, 11) is 0. The lowest BCUT2D eigenvalue weighted by atomic mass is 9.87. The molecule has 0 bridgehead atoms. The lowest BCUT2D eigenvalue weighted by Crippen LogP contribution is -2.45. The Morgan fingerprint density at radius 1 is 1.04 bits per heavy atom. The number of nitrogens with two attached hydrogens (primary N) is 1. The SMILES string of the molecule is Cc1ccc(NC(=O)[C@@H](N)C(C)(C)C)cc1NC(=O)C(C)(C)C.Cl. The minimum absolute atomic E-state index is 0. The summed E-state index contributed by atoms with van der Waals surface area (Å²) in [6.07, 6.45) is 0. The van der Waals surface area contributed by atoms with Crippen molar-refractivity contribution in [3.63, 3.8) is 0 Å². The van der Waals surface area contributed by atoms with Gasteiger partial charge in [-0.05, 0) is 30.0 Å². The Morgan fingerprint density at radius 3 is 2.04 bits per heavy atom. The highest BCUT2D eigenvalue weighted by Gasteiger charge is 2.27. The van der Waals surface area contributed by atoms with Crippen LogP contribution in [0, 0.1) is 17.8 Å². The van der Waals surface area contributed by atoms with Crippen LogP contribution in [-0.2, 0) is 9.59 Å². The molecule has 4 N–H and O–H groups in total. The second kappa shape index (κ2) is 7.99. The molecular weight excluding hydrogens is 326 g/mol. The minimum Gasteiger partial charge on any atom is -0.325 e. The average molecular weight is 356 g/mol. The van der Waals surface area contributed by atoms with E-state index in [1.807, 2.05) is 54.5 Å². The normalized spacial score (nSPS) is 12.8. The number of carbonyl (C=O) groups is 2. The molecule has 0 aromatic heterocycles. The van der Waals surface area contributed by atoms with E-state index in [0.29, 0.717) is 11.4 Å². The van der Waals surface area contributed by atoms with Crippen LogP contribution in [0.3, 0.4) is 0 Å². The maximum Gasteiger partial charge on any atom is 0.241 e. The molecule has 0 spiro atoms. The average Bonchev–Trinajstić information content (AvgIpc) is 2.39. The summed E-state index contributed by atoms with van der Waals surface area (Å²) >= 11 is 0. The van der Waals surface area contributed by atoms with E-state index in [1.165, 1.54) is 0 Å². The van der Waals surface area contributed by atoms with Crippen LogP contribution >= 0.6 is 12.4 Å². The molecule has 0 heterocycles. The van der Waals surface area contributed by atoms with Gasteiger partial charge in [-0.25, -0.2) is 0 Å². The van der Waals surface area contributed by atoms with Gasteiger partial charge in [0, 0.05) is 16.8 Å². The van der Waals surface area contributed by atoms with Crippen molar-refractivity contribution in [2.24, 2.45) is 16.6 Å². The smallest absolute Gasteiger partial charge is 0.241 e. The van der Waals surface area contributed by atoms with Crippen LogP contribution in [0.2, 0.25) is 0 Å². The summed E-state index contributed by atoms with van der Waals surface area (Å²) in [5.74, 6) is -0.315. The number of hydrogen-bond acceptors (Lipinski definition) is 3. The largest absolute Gasteiger partial charge is 0.325 e. The Bertz CT molecular complexity index is 601. The predicted molar refractivity (Wildman–Crippen MR) is 103 cm³/mol. The van der Waals surface area contributed by atoms with Crippen LogP contribution in [0.1, 0.15) is 47.1 Å². The number of amides is 2. The lowest BCUT2D eigenvalue weighted by molar-refractivity contribution is -0.123. The lowest BCUT2D eigenvalue weighted by Gasteiger charge is -2.26. The molecule has 1 rings (SSSR count). The molecule has 0 saturated heterocycles. The number of benzene rings is 1. The molecule has 0 saturated carbocycles. The van der Waals surface area contributed by atoms with Crippen LogP contribution in [0.15, 0.2) is 18.2 Å². The highest BCUT2D eigenvalue weighted by molar-refractivity contribution is 5.98. The standard InChI is InChI=1S/C18H29N3O2.ClH/c1-11-8-9-12(20-15(22)14(19)17(2,3)4)10-13(11)21-16(23)18(5,6)7;/h8-10,14H,19H2,1-7H3,(H,20,22)(H,21,23);1H/t14-;/m1./s1. The van der Waals surface area contributed by atoms with Gasteiger partial charge in [-0.3, -0.25) is 9.59 Å². The van der Waals surface area contributed by atoms with Crippen molar-refractivity contribution in [2.75, 3.05) is 10.6 Å². The quantitative estimate of drug-likeness (QED) is 0.772. The van der Waals surface area contributed by atoms with Gasteiger partial charge < -0.3 is 16.4 Å². The van der Waals surface area contributed by atoms with Crippen molar-refractivity contribution >= 4 is 35.6 Å². The van der Waals surface area contributed by atoms with Gasteiger partial charge in [0.25, 0.3) is 0 Å². The Labute approximate surface area is 151 Å². The molecule has 136 valence electrons. The van der Waals surface area contributed by atoms with Gasteiger partial charge in [-0.15, -0.1) is 12.4 Å². The molecule has 0 fully saturated rings. The Kier molecular flexibility index (Phi) is 7.46. The van der Waals surface area contributed by atoms with E-state index in [1.54, 1.807) is 12.1 Å². The molecule has 0 unspecified atom stereocenters. The number of anilines is 2. The molecule has 1 aromatic carbocycles. The fourth-order valence-corrected chi connectivity index (χ4v) is 1.76. The van der Waals surface area contributed by atoms with Crippen molar-refractivity contribution in [1.29, 1.82) is 0 Å². The van der Waals surface area contributed by atoms with Crippen molar-refractivity contribution in [3.8, 4) is 0 Å². The van der Waals surface area contributed by atoms with Crippen molar-refractivity contribution in [1.82, 2.24) is 0 Å². The molecule has 0 aliphatic rings. The second-order valence-corrected chi connectivity index (χ2v) is 8.07. The van der Waals surface area contributed by atoms with Crippen LogP contribution in [0.5, 0.6) is 0 Å². The fourth-order valence-electron chi connectivity index (χ4n) is 1.76. The number of hydrogen-bond donors (Lipinski definition) is 3. The van der Waals surface area contributed by atoms with Crippen molar-refractivity contribution in [3.05, 3.63) is 23.8 Å². The van der Waals surface area contributed by atoms with Gasteiger partial charge in [-0.1, -0.05) is 47.6 Å². The Balaban J connectivity index is 0.00000529. The molecule has 0 aliphatic heterocycles. The molecule has 1 aromatic rings. The van der Waals surface area contributed by atoms with Crippen LogP contribution in [0.4, 0.5) is 11.4 Å². The number of halogens is 1. The maximum absolute atomic E-state index is 12.2. The van der Waals surface area contributed by atoms with Gasteiger partial charge in [-0.2, -0.15) is 0 Å². The van der Waals surface area contributed by atoms with E-state index < -0.39 is 11.5 Å². The summed E-state index contributed by atoms with van der Waals surface area (Å²) in [6.45, 7) is 13.2. The first-order chi connectivity index (χ1) is 10.3. The summed E-state index contributed by atoms with van der Waals surface area (Å²) in [4.78, 5) is 24.4. The number of rotatable bonds is 3. The van der Waals surface area contributed by atoms with Gasteiger partial charge in [0.1, 0.15) is 0 Å². The van der Waals surface area contributed by atoms with Crippen LogP contribution in [-0.4, -0.2) is 17.9 Å². The number of aryl methyl sites for hydroxylation is 1. The summed E-state index contributed by atoms with van der Waals surface area (Å²) in [5, 5.41) is 5.71. The number of nitrogens with one attached hydrogen (secondary N) is 2. The molecule has 5 nitrogen and oxygen atoms in total. The molecule has 6 heteroatoms. The van der Waals surface area contributed by atoms with Crippen LogP contribution in [0.25, 0.3) is 0 Å². The van der Waals surface area contributed by atoms with Crippen molar-refractivity contribution < 1.29 is 9.59 Å². The third-order valence-corrected chi connectivity index (χ3v) is 3.65. The van der Waals surface area contributed by atoms with Gasteiger partial charge in [0.05, 0.1) is 6.04 Å². The molecule has 2 amide bonds. The molecule has 0 aliphatic carbocycles. The summed E-state index contributed by atoms with van der Waals surface area (Å²) in [5.41, 5.74) is 7.39. The third-order valence-electron chi connectivity index (χ3n) is 3.65. The molecule has 1 atom stereocenters. The van der Waals surface area contributed by atoms with Gasteiger partial charge in [0.2, 0.25) is 11.8 Å². The maximum atomic E-state index is 12.2. The molecule has 0 radical (unpaired) electrons. The summed E-state index contributed by atoms with van der Waals surface area (Å²) < 4.78 is 0. The summed E-state index contributed by atoms with van der Waals surface area (Å²) in [6, 6.07) is 4.80. The van der Waals surface area contributed by atoms with E-state index in [2.05, 4.69) is 10.6 Å². The van der Waals surface area contributed by atoms with Gasteiger partial charge in [0.15, 0.2) is 0 Å². The van der Waals surface area contributed by atoms with Gasteiger partial charge >= 0.3 is 0 Å². The first-order valence-corrected chi connectivity index (χ1v) is 7.81. The van der Waals surface area contributed by atoms with E-state index in [9.17, 15) is 9.59 Å². The highest BCUT2D eigenvalue weighted by Crippen LogP contribution is 2.24. The predicted octanol–water partition coefficient (Wildman–Crippen LogP) is 3.71. The first kappa shape index (κ1) is 22.4. The third kappa shape index (κ3) is 6.13. The van der Waals surface area contributed by atoms with E-state index in [-0.39, 0.29) is 29.6 Å². The zero-order valence-electron chi connectivity index (χ0n) is 15.6. The van der Waals surface area contributed by atoms with Crippen LogP contribution < -0.4 is 16.4 Å². The molecular formula is C18H30ClN3O2. The Morgan fingerprint density at radius 2 is 1.58 bits per heavy atom.